The van der Waals surface area contributed by atoms with E-state index in [9.17, 15) is 14.9 Å². The van der Waals surface area contributed by atoms with E-state index in [2.05, 4.69) is 5.32 Å². The van der Waals surface area contributed by atoms with E-state index < -0.39 is 4.92 Å². The van der Waals surface area contributed by atoms with Gasteiger partial charge in [0.2, 0.25) is 5.91 Å². The zero-order valence-electron chi connectivity index (χ0n) is 17.9. The summed E-state index contributed by atoms with van der Waals surface area (Å²) in [6.45, 7) is 0.258. The summed E-state index contributed by atoms with van der Waals surface area (Å²) in [5.74, 6) is 0.832. The molecule has 0 saturated carbocycles. The van der Waals surface area contributed by atoms with Crippen LogP contribution in [0.3, 0.4) is 0 Å². The van der Waals surface area contributed by atoms with E-state index in [1.807, 2.05) is 42.5 Å². The van der Waals surface area contributed by atoms with Crippen molar-refractivity contribution in [2.45, 2.75) is 13.0 Å². The Labute approximate surface area is 190 Å². The number of nitro benzene ring substituents is 1. The first-order chi connectivity index (χ1) is 16.0. The lowest BCUT2D eigenvalue weighted by molar-refractivity contribution is -0.385. The van der Waals surface area contributed by atoms with Crippen molar-refractivity contribution in [1.82, 2.24) is 0 Å². The summed E-state index contributed by atoms with van der Waals surface area (Å²) in [5.41, 5.74) is 3.59. The lowest BCUT2D eigenvalue weighted by Gasteiger charge is -2.19. The molecule has 1 heterocycles. The maximum atomic E-state index is 12.6. The Balaban J connectivity index is 1.53. The largest absolute Gasteiger partial charge is 0.496 e. The second kappa shape index (κ2) is 9.97. The summed E-state index contributed by atoms with van der Waals surface area (Å²) >= 11 is 0. The van der Waals surface area contributed by atoms with Gasteiger partial charge in [-0.3, -0.25) is 14.9 Å². The Bertz CT molecular complexity index is 1210. The van der Waals surface area contributed by atoms with Crippen molar-refractivity contribution < 1.29 is 23.9 Å². The van der Waals surface area contributed by atoms with Crippen LogP contribution in [-0.4, -0.2) is 24.7 Å². The number of hydrogen-bond acceptors (Lipinski definition) is 6. The van der Waals surface area contributed by atoms with Gasteiger partial charge in [-0.2, -0.15) is 0 Å². The van der Waals surface area contributed by atoms with Crippen molar-refractivity contribution in [3.8, 4) is 11.5 Å². The van der Waals surface area contributed by atoms with E-state index in [0.717, 1.165) is 16.9 Å². The van der Waals surface area contributed by atoms with E-state index in [0.29, 0.717) is 29.0 Å². The molecule has 0 saturated heterocycles. The lowest BCUT2D eigenvalue weighted by Crippen LogP contribution is -2.13. The minimum Gasteiger partial charge on any atom is -0.496 e. The van der Waals surface area contributed by atoms with Gasteiger partial charge < -0.3 is 19.5 Å². The molecule has 0 unspecified atom stereocenters. The summed E-state index contributed by atoms with van der Waals surface area (Å²) < 4.78 is 16.2. The van der Waals surface area contributed by atoms with Crippen molar-refractivity contribution >= 4 is 23.4 Å². The predicted octanol–water partition coefficient (Wildman–Crippen LogP) is 4.71. The van der Waals surface area contributed by atoms with Crippen molar-refractivity contribution in [2.24, 2.45) is 0 Å². The molecule has 0 atom stereocenters. The third kappa shape index (κ3) is 5.36. The molecule has 1 N–H and O–H groups in total. The van der Waals surface area contributed by atoms with Gasteiger partial charge in [-0.05, 0) is 29.8 Å². The Kier molecular flexibility index (Phi) is 6.66. The SMILES string of the molecule is COc1ccc(NC(=O)/C=C/c2cc([N+](=O)[O-])cc3c2OCOC3)cc1Cc1ccccc1. The molecule has 1 amide bonds. The third-order valence-corrected chi connectivity index (χ3v) is 5.13. The van der Waals surface area contributed by atoms with Crippen molar-refractivity contribution in [3.63, 3.8) is 0 Å². The fraction of sp³-hybridized carbons (Fsp3) is 0.160. The fourth-order valence-electron chi connectivity index (χ4n) is 3.62. The zero-order valence-corrected chi connectivity index (χ0v) is 17.9. The number of benzene rings is 3. The summed E-state index contributed by atoms with van der Waals surface area (Å²) in [5, 5.41) is 14.1. The zero-order chi connectivity index (χ0) is 23.2. The maximum absolute atomic E-state index is 12.6. The van der Waals surface area contributed by atoms with E-state index in [-0.39, 0.29) is 25.0 Å². The highest BCUT2D eigenvalue weighted by Gasteiger charge is 2.20. The number of amides is 1. The average molecular weight is 446 g/mol. The third-order valence-electron chi connectivity index (χ3n) is 5.13. The van der Waals surface area contributed by atoms with Crippen LogP contribution in [0.2, 0.25) is 0 Å². The van der Waals surface area contributed by atoms with Crippen LogP contribution < -0.4 is 14.8 Å². The number of ether oxygens (including phenoxy) is 3. The Morgan fingerprint density at radius 1 is 1.18 bits per heavy atom. The highest BCUT2D eigenvalue weighted by atomic mass is 16.7. The molecular weight excluding hydrogens is 424 g/mol. The fourth-order valence-corrected chi connectivity index (χ4v) is 3.62. The minimum absolute atomic E-state index is 0.0495. The topological polar surface area (TPSA) is 99.9 Å². The first kappa shape index (κ1) is 22.0. The number of carbonyl (C=O) groups is 1. The van der Waals surface area contributed by atoms with E-state index in [4.69, 9.17) is 14.2 Å². The molecular formula is C25H22N2O6. The molecule has 0 aliphatic carbocycles. The van der Waals surface area contributed by atoms with Gasteiger partial charge in [0.1, 0.15) is 11.5 Å². The molecule has 0 radical (unpaired) electrons. The van der Waals surface area contributed by atoms with Crippen molar-refractivity contribution in [1.29, 1.82) is 0 Å². The van der Waals surface area contributed by atoms with Crippen LogP contribution in [0.5, 0.6) is 11.5 Å². The number of nitro groups is 1. The van der Waals surface area contributed by atoms with Gasteiger partial charge in [0, 0.05) is 47.0 Å². The van der Waals surface area contributed by atoms with Gasteiger partial charge >= 0.3 is 0 Å². The molecule has 4 rings (SSSR count). The molecule has 8 nitrogen and oxygen atoms in total. The van der Waals surface area contributed by atoms with Crippen LogP contribution >= 0.6 is 0 Å². The van der Waals surface area contributed by atoms with Gasteiger partial charge in [-0.25, -0.2) is 0 Å². The highest BCUT2D eigenvalue weighted by molar-refractivity contribution is 6.02. The van der Waals surface area contributed by atoms with Crippen LogP contribution in [0, 0.1) is 10.1 Å². The summed E-state index contributed by atoms with van der Waals surface area (Å²) in [6.07, 6.45) is 3.48. The molecule has 0 spiro atoms. The van der Waals surface area contributed by atoms with Gasteiger partial charge in [-0.15, -0.1) is 0 Å². The normalized spacial score (nSPS) is 12.6. The van der Waals surface area contributed by atoms with Crippen LogP contribution in [0.25, 0.3) is 6.08 Å². The molecule has 3 aromatic carbocycles. The monoisotopic (exact) mass is 446 g/mol. The van der Waals surface area contributed by atoms with E-state index in [1.165, 1.54) is 24.3 Å². The number of rotatable bonds is 7. The predicted molar refractivity (Wildman–Crippen MR) is 123 cm³/mol. The van der Waals surface area contributed by atoms with E-state index in [1.54, 1.807) is 13.2 Å². The molecule has 8 heteroatoms. The van der Waals surface area contributed by atoms with Crippen molar-refractivity contribution in [3.05, 3.63) is 99.1 Å². The van der Waals surface area contributed by atoms with Crippen molar-refractivity contribution in [2.75, 3.05) is 19.2 Å². The van der Waals surface area contributed by atoms with E-state index >= 15 is 0 Å². The number of nitrogens with one attached hydrogen (secondary N) is 1. The molecule has 1 aliphatic rings. The molecule has 33 heavy (non-hydrogen) atoms. The van der Waals surface area contributed by atoms with Crippen LogP contribution in [0.1, 0.15) is 22.3 Å². The average Bonchev–Trinajstić information content (AvgIpc) is 2.83. The first-order valence-corrected chi connectivity index (χ1v) is 10.3. The molecule has 0 fully saturated rings. The highest BCUT2D eigenvalue weighted by Crippen LogP contribution is 2.33. The van der Waals surface area contributed by atoms with Crippen LogP contribution in [-0.2, 0) is 22.6 Å². The summed E-state index contributed by atoms with van der Waals surface area (Å²) in [7, 11) is 1.61. The van der Waals surface area contributed by atoms with Gasteiger partial charge in [0.05, 0.1) is 18.6 Å². The number of methoxy groups -OCH3 is 1. The molecule has 0 bridgehead atoms. The standard InChI is InChI=1S/C25H22N2O6/c1-31-23-9-8-21(12-19(23)11-17-5-3-2-4-6-17)26-24(28)10-7-18-13-22(27(29)30)14-20-15-32-16-33-25(18)20/h2-10,12-14H,11,15-16H2,1H3,(H,26,28)/b10-7+. The number of carbonyl (C=O) groups excluding carboxylic acids is 1. The number of non-ortho nitro benzene ring substituents is 1. The second-order valence-electron chi connectivity index (χ2n) is 7.40. The number of anilines is 1. The molecule has 1 aliphatic heterocycles. The number of fused-ring (bicyclic) bond motifs is 1. The smallest absolute Gasteiger partial charge is 0.270 e. The van der Waals surface area contributed by atoms with Gasteiger partial charge in [0.15, 0.2) is 6.79 Å². The lowest BCUT2D eigenvalue weighted by atomic mass is 10.0. The second-order valence-corrected chi connectivity index (χ2v) is 7.40. The molecule has 168 valence electrons. The van der Waals surface area contributed by atoms with Gasteiger partial charge in [0.25, 0.3) is 5.69 Å². The maximum Gasteiger partial charge on any atom is 0.270 e. The van der Waals surface area contributed by atoms with Crippen LogP contribution in [0.15, 0.2) is 66.7 Å². The Morgan fingerprint density at radius 2 is 2.00 bits per heavy atom. The summed E-state index contributed by atoms with van der Waals surface area (Å²) in [6, 6.07) is 18.2. The number of hydrogen-bond donors (Lipinski definition) is 1. The minimum atomic E-state index is -0.488. The molecule has 3 aromatic rings. The van der Waals surface area contributed by atoms with Crippen LogP contribution in [0.4, 0.5) is 11.4 Å². The number of nitrogens with zero attached hydrogens (tertiary/aromatic N) is 1. The Hall–Kier alpha value is -4.17. The Morgan fingerprint density at radius 3 is 2.76 bits per heavy atom. The quantitative estimate of drug-likeness (QED) is 0.320. The summed E-state index contributed by atoms with van der Waals surface area (Å²) in [4.78, 5) is 23.3. The first-order valence-electron chi connectivity index (χ1n) is 10.3. The molecule has 0 aromatic heterocycles. The van der Waals surface area contributed by atoms with Gasteiger partial charge in [-0.1, -0.05) is 30.3 Å².